The molecule has 4 aromatic rings. The predicted molar refractivity (Wildman–Crippen MR) is 98.9 cm³/mol. The summed E-state index contributed by atoms with van der Waals surface area (Å²) in [6.07, 6.45) is 0. The average molecular weight is 300 g/mol. The molecule has 0 spiro atoms. The number of benzene rings is 3. The second-order valence-electron chi connectivity index (χ2n) is 5.80. The van der Waals surface area contributed by atoms with Crippen LogP contribution in [0.1, 0.15) is 12.5 Å². The van der Waals surface area contributed by atoms with Crippen molar-refractivity contribution in [3.63, 3.8) is 0 Å². The normalized spacial score (nSPS) is 11.2. The molecule has 0 aliphatic carbocycles. The number of nitrogens with one attached hydrogen (secondary N) is 1. The Morgan fingerprint density at radius 1 is 0.783 bits per heavy atom. The van der Waals surface area contributed by atoms with Crippen molar-refractivity contribution < 1.29 is 0 Å². The van der Waals surface area contributed by atoms with Crippen molar-refractivity contribution in [2.24, 2.45) is 0 Å². The Balaban J connectivity index is 1.84. The van der Waals surface area contributed by atoms with E-state index in [1.54, 1.807) is 0 Å². The first-order chi connectivity index (χ1) is 11.4. The molecule has 0 aliphatic heterocycles. The number of hydrogen-bond acceptors (Lipinski definition) is 1. The van der Waals surface area contributed by atoms with Crippen LogP contribution in [-0.4, -0.2) is 4.57 Å². The number of fused-ring (bicyclic) bond motifs is 3. The minimum Gasteiger partial charge on any atom is -0.379 e. The maximum atomic E-state index is 3.62. The lowest BCUT2D eigenvalue weighted by Crippen LogP contribution is -2.02. The van der Waals surface area contributed by atoms with Gasteiger partial charge in [0.1, 0.15) is 0 Å². The van der Waals surface area contributed by atoms with Gasteiger partial charge in [0, 0.05) is 29.4 Å². The predicted octanol–water partition coefficient (Wildman–Crippen LogP) is 5.43. The molecular formula is C21H20N2. The van der Waals surface area contributed by atoms with E-state index in [0.717, 1.165) is 13.1 Å². The Morgan fingerprint density at radius 3 is 2.35 bits per heavy atom. The first-order valence-electron chi connectivity index (χ1n) is 8.16. The fraction of sp³-hybridized carbons (Fsp3) is 0.143. The lowest BCUT2D eigenvalue weighted by molar-refractivity contribution is 0.827. The van der Waals surface area contributed by atoms with Crippen LogP contribution in [0.15, 0.2) is 72.8 Å². The summed E-state index contributed by atoms with van der Waals surface area (Å²) in [5.74, 6) is 0. The van der Waals surface area contributed by atoms with Gasteiger partial charge in [-0.3, -0.25) is 0 Å². The number of para-hydroxylation sites is 2. The van der Waals surface area contributed by atoms with Gasteiger partial charge < -0.3 is 9.88 Å². The molecule has 4 rings (SSSR count). The number of aryl methyl sites for hydroxylation is 1. The third-order valence-corrected chi connectivity index (χ3v) is 4.43. The summed E-state index contributed by atoms with van der Waals surface area (Å²) in [7, 11) is 0. The Morgan fingerprint density at radius 2 is 1.52 bits per heavy atom. The van der Waals surface area contributed by atoms with Crippen molar-refractivity contribution >= 4 is 27.5 Å². The van der Waals surface area contributed by atoms with Crippen LogP contribution in [0.3, 0.4) is 0 Å². The first kappa shape index (κ1) is 13.9. The zero-order chi connectivity index (χ0) is 15.6. The zero-order valence-corrected chi connectivity index (χ0v) is 13.3. The minimum absolute atomic E-state index is 0.838. The Bertz CT molecular complexity index is 952. The monoisotopic (exact) mass is 300 g/mol. The average Bonchev–Trinajstić information content (AvgIpc) is 2.95. The molecule has 0 unspecified atom stereocenters. The highest BCUT2D eigenvalue weighted by molar-refractivity contribution is 6.11. The second kappa shape index (κ2) is 5.81. The summed E-state index contributed by atoms with van der Waals surface area (Å²) in [6.45, 7) is 4.01. The number of rotatable bonds is 4. The lowest BCUT2D eigenvalue weighted by atomic mass is 10.1. The van der Waals surface area contributed by atoms with Gasteiger partial charge in [-0.05, 0) is 24.6 Å². The van der Waals surface area contributed by atoms with E-state index in [1.807, 2.05) is 0 Å². The number of anilines is 1. The fourth-order valence-corrected chi connectivity index (χ4v) is 3.37. The summed E-state index contributed by atoms with van der Waals surface area (Å²) >= 11 is 0. The van der Waals surface area contributed by atoms with E-state index >= 15 is 0 Å². The van der Waals surface area contributed by atoms with Gasteiger partial charge in [0.15, 0.2) is 0 Å². The third-order valence-electron chi connectivity index (χ3n) is 4.43. The molecule has 0 saturated heterocycles. The third kappa shape index (κ3) is 2.36. The molecule has 2 heteroatoms. The van der Waals surface area contributed by atoms with Crippen LogP contribution in [0.25, 0.3) is 21.8 Å². The Kier molecular flexibility index (Phi) is 3.51. The van der Waals surface area contributed by atoms with Crippen LogP contribution in [-0.2, 0) is 13.1 Å². The van der Waals surface area contributed by atoms with Crippen LogP contribution in [0, 0.1) is 0 Å². The van der Waals surface area contributed by atoms with E-state index < -0.39 is 0 Å². The quantitative estimate of drug-likeness (QED) is 0.532. The molecule has 0 saturated carbocycles. The molecule has 0 aliphatic rings. The van der Waals surface area contributed by atoms with Crippen molar-refractivity contribution in [3.05, 3.63) is 78.4 Å². The van der Waals surface area contributed by atoms with Gasteiger partial charge in [0.05, 0.1) is 11.2 Å². The van der Waals surface area contributed by atoms with Gasteiger partial charge in [0.2, 0.25) is 0 Å². The molecule has 2 nitrogen and oxygen atoms in total. The van der Waals surface area contributed by atoms with E-state index in [0.29, 0.717) is 0 Å². The standard InChI is InChI=1S/C21H20N2/c1-2-23-20-14-7-6-11-17(20)18-12-8-13-19(21(18)23)22-15-16-9-4-3-5-10-16/h3-14,22H,2,15H2,1H3. The summed E-state index contributed by atoms with van der Waals surface area (Å²) in [6, 6.07) is 25.7. The lowest BCUT2D eigenvalue weighted by Gasteiger charge is -2.11. The van der Waals surface area contributed by atoms with Gasteiger partial charge in [-0.1, -0.05) is 60.7 Å². The summed E-state index contributed by atoms with van der Waals surface area (Å²) in [5, 5.41) is 6.27. The van der Waals surface area contributed by atoms with Crippen LogP contribution in [0.4, 0.5) is 5.69 Å². The molecule has 3 aromatic carbocycles. The molecule has 1 N–H and O–H groups in total. The van der Waals surface area contributed by atoms with E-state index in [1.165, 1.54) is 33.1 Å². The van der Waals surface area contributed by atoms with Crippen LogP contribution < -0.4 is 5.32 Å². The molecule has 0 bridgehead atoms. The van der Waals surface area contributed by atoms with E-state index in [-0.39, 0.29) is 0 Å². The van der Waals surface area contributed by atoms with Gasteiger partial charge in [0.25, 0.3) is 0 Å². The van der Waals surface area contributed by atoms with Gasteiger partial charge >= 0.3 is 0 Å². The molecule has 0 fully saturated rings. The maximum Gasteiger partial charge on any atom is 0.0727 e. The summed E-state index contributed by atoms with van der Waals surface area (Å²) in [4.78, 5) is 0. The van der Waals surface area contributed by atoms with E-state index in [9.17, 15) is 0 Å². The van der Waals surface area contributed by atoms with Gasteiger partial charge in [-0.25, -0.2) is 0 Å². The highest BCUT2D eigenvalue weighted by Gasteiger charge is 2.12. The van der Waals surface area contributed by atoms with Crippen LogP contribution in [0.2, 0.25) is 0 Å². The minimum atomic E-state index is 0.838. The van der Waals surface area contributed by atoms with Crippen molar-refractivity contribution in [2.45, 2.75) is 20.0 Å². The molecule has 0 radical (unpaired) electrons. The SMILES string of the molecule is CCn1c2ccccc2c2cccc(NCc3ccccc3)c21. The van der Waals surface area contributed by atoms with Gasteiger partial charge in [-0.15, -0.1) is 0 Å². The van der Waals surface area contributed by atoms with Crippen molar-refractivity contribution in [1.82, 2.24) is 4.57 Å². The Hall–Kier alpha value is -2.74. The molecule has 1 aromatic heterocycles. The Labute approximate surface area is 136 Å². The largest absolute Gasteiger partial charge is 0.379 e. The number of aromatic nitrogens is 1. The maximum absolute atomic E-state index is 3.62. The molecule has 1 heterocycles. The zero-order valence-electron chi connectivity index (χ0n) is 13.3. The smallest absolute Gasteiger partial charge is 0.0727 e. The van der Waals surface area contributed by atoms with Crippen molar-refractivity contribution in [3.8, 4) is 0 Å². The van der Waals surface area contributed by atoms with Crippen molar-refractivity contribution in [1.29, 1.82) is 0 Å². The molecule has 0 amide bonds. The fourth-order valence-electron chi connectivity index (χ4n) is 3.37. The van der Waals surface area contributed by atoms with E-state index in [4.69, 9.17) is 0 Å². The summed E-state index contributed by atoms with van der Waals surface area (Å²) in [5.41, 5.74) is 5.10. The van der Waals surface area contributed by atoms with E-state index in [2.05, 4.69) is 89.6 Å². The molecule has 23 heavy (non-hydrogen) atoms. The highest BCUT2D eigenvalue weighted by atomic mass is 15.0. The summed E-state index contributed by atoms with van der Waals surface area (Å²) < 4.78 is 2.40. The molecule has 0 atom stereocenters. The topological polar surface area (TPSA) is 17.0 Å². The highest BCUT2D eigenvalue weighted by Crippen LogP contribution is 2.33. The second-order valence-corrected chi connectivity index (χ2v) is 5.80. The van der Waals surface area contributed by atoms with Gasteiger partial charge in [-0.2, -0.15) is 0 Å². The van der Waals surface area contributed by atoms with Crippen molar-refractivity contribution in [2.75, 3.05) is 5.32 Å². The number of hydrogen-bond donors (Lipinski definition) is 1. The van der Waals surface area contributed by atoms with Crippen LogP contribution in [0.5, 0.6) is 0 Å². The van der Waals surface area contributed by atoms with Crippen LogP contribution >= 0.6 is 0 Å². The molecule has 114 valence electrons. The number of nitrogens with zero attached hydrogens (tertiary/aromatic N) is 1. The first-order valence-corrected chi connectivity index (χ1v) is 8.16. The molecular weight excluding hydrogens is 280 g/mol.